The van der Waals surface area contributed by atoms with Crippen LogP contribution in [0.15, 0.2) is 43.0 Å². The molecule has 0 spiro atoms. The molecule has 2 atom stereocenters. The number of carbonyl (C=O) groups is 1. The lowest BCUT2D eigenvalue weighted by Crippen LogP contribution is -2.56. The van der Waals surface area contributed by atoms with Crippen molar-refractivity contribution in [2.75, 3.05) is 13.2 Å². The predicted molar refractivity (Wildman–Crippen MR) is 86.6 cm³/mol. The number of carbonyl (C=O) groups excluding carboxylic acids is 1. The second-order valence-corrected chi connectivity index (χ2v) is 6.53. The third-order valence-electron chi connectivity index (χ3n) is 4.78. The molecule has 1 aromatic rings. The Labute approximate surface area is 131 Å². The first-order valence-corrected chi connectivity index (χ1v) is 8.01. The SMILES string of the molecule is C=CCOC(=O)N(CC1(N)CCC1)[C@H]1CC1c1ccccc1. The molecule has 22 heavy (non-hydrogen) atoms. The van der Waals surface area contributed by atoms with E-state index in [-0.39, 0.29) is 24.3 Å². The van der Waals surface area contributed by atoms with Crippen LogP contribution in [0.4, 0.5) is 4.79 Å². The van der Waals surface area contributed by atoms with Crippen LogP contribution in [-0.2, 0) is 4.74 Å². The number of amides is 1. The fourth-order valence-corrected chi connectivity index (χ4v) is 3.24. The maximum atomic E-state index is 12.4. The number of nitrogens with zero attached hydrogens (tertiary/aromatic N) is 1. The van der Waals surface area contributed by atoms with Crippen LogP contribution in [0.2, 0.25) is 0 Å². The molecule has 2 aliphatic rings. The summed E-state index contributed by atoms with van der Waals surface area (Å²) in [6, 6.07) is 10.6. The Morgan fingerprint density at radius 3 is 2.73 bits per heavy atom. The summed E-state index contributed by atoms with van der Waals surface area (Å²) in [5.41, 5.74) is 7.41. The fourth-order valence-electron chi connectivity index (χ4n) is 3.24. The lowest BCUT2D eigenvalue weighted by atomic mass is 9.77. The maximum absolute atomic E-state index is 12.4. The van der Waals surface area contributed by atoms with Gasteiger partial charge in [-0.3, -0.25) is 0 Å². The molecule has 2 N–H and O–H groups in total. The van der Waals surface area contributed by atoms with Crippen LogP contribution >= 0.6 is 0 Å². The van der Waals surface area contributed by atoms with Gasteiger partial charge in [-0.15, -0.1) is 0 Å². The molecule has 0 saturated heterocycles. The standard InChI is InChI=1S/C18H24N2O2/c1-2-11-22-17(21)20(13-18(19)9-6-10-18)16-12-15(16)14-7-4-3-5-8-14/h2-5,7-8,15-16H,1,6,9-13,19H2/t15?,16-/m0/s1. The third kappa shape index (κ3) is 3.17. The summed E-state index contributed by atoms with van der Waals surface area (Å²) in [6.45, 7) is 4.44. The molecule has 1 unspecified atom stereocenters. The van der Waals surface area contributed by atoms with Crippen LogP contribution < -0.4 is 5.73 Å². The van der Waals surface area contributed by atoms with Crippen molar-refractivity contribution in [3.8, 4) is 0 Å². The zero-order valence-corrected chi connectivity index (χ0v) is 12.9. The fraction of sp³-hybridized carbons (Fsp3) is 0.500. The van der Waals surface area contributed by atoms with E-state index in [0.29, 0.717) is 12.5 Å². The summed E-state index contributed by atoms with van der Waals surface area (Å²) < 4.78 is 5.27. The highest BCUT2D eigenvalue weighted by Crippen LogP contribution is 2.46. The van der Waals surface area contributed by atoms with Gasteiger partial charge in [-0.2, -0.15) is 0 Å². The normalized spacial score (nSPS) is 25.0. The number of ether oxygens (including phenoxy) is 1. The van der Waals surface area contributed by atoms with Crippen LogP contribution in [0, 0.1) is 0 Å². The molecular weight excluding hydrogens is 276 g/mol. The van der Waals surface area contributed by atoms with E-state index in [1.807, 2.05) is 23.1 Å². The molecule has 118 valence electrons. The molecule has 3 rings (SSSR count). The Kier molecular flexibility index (Phi) is 4.21. The Bertz CT molecular complexity index is 539. The Morgan fingerprint density at radius 1 is 1.41 bits per heavy atom. The first-order valence-electron chi connectivity index (χ1n) is 8.01. The minimum absolute atomic E-state index is 0.209. The summed E-state index contributed by atoms with van der Waals surface area (Å²) in [4.78, 5) is 14.2. The molecule has 0 heterocycles. The molecule has 4 nitrogen and oxygen atoms in total. The van der Waals surface area contributed by atoms with Crippen LogP contribution in [0.3, 0.4) is 0 Å². The molecule has 2 aliphatic carbocycles. The van der Waals surface area contributed by atoms with Gasteiger partial charge in [0.05, 0.1) is 0 Å². The predicted octanol–water partition coefficient (Wildman–Crippen LogP) is 3.05. The topological polar surface area (TPSA) is 55.6 Å². The first kappa shape index (κ1) is 15.1. The van der Waals surface area contributed by atoms with Crippen molar-refractivity contribution in [3.05, 3.63) is 48.6 Å². The van der Waals surface area contributed by atoms with Crippen LogP contribution in [0.25, 0.3) is 0 Å². The Balaban J connectivity index is 1.69. The molecule has 0 aromatic heterocycles. The second kappa shape index (κ2) is 6.13. The number of benzene rings is 1. The lowest BCUT2D eigenvalue weighted by molar-refractivity contribution is 0.0841. The Morgan fingerprint density at radius 2 is 2.14 bits per heavy atom. The molecule has 2 fully saturated rings. The summed E-state index contributed by atoms with van der Waals surface area (Å²) in [5.74, 6) is 0.404. The summed E-state index contributed by atoms with van der Waals surface area (Å²) in [7, 11) is 0. The second-order valence-electron chi connectivity index (χ2n) is 6.53. The van der Waals surface area contributed by atoms with Crippen molar-refractivity contribution < 1.29 is 9.53 Å². The van der Waals surface area contributed by atoms with Gasteiger partial charge in [-0.25, -0.2) is 4.79 Å². The zero-order valence-electron chi connectivity index (χ0n) is 12.9. The molecule has 1 amide bonds. The van der Waals surface area contributed by atoms with Crippen molar-refractivity contribution in [1.29, 1.82) is 0 Å². The van der Waals surface area contributed by atoms with E-state index in [9.17, 15) is 4.79 Å². The minimum Gasteiger partial charge on any atom is -0.445 e. The van der Waals surface area contributed by atoms with E-state index in [1.54, 1.807) is 6.08 Å². The zero-order chi connectivity index (χ0) is 15.6. The average Bonchev–Trinajstić information content (AvgIpc) is 3.29. The largest absolute Gasteiger partial charge is 0.445 e. The van der Waals surface area contributed by atoms with Crippen LogP contribution in [-0.4, -0.2) is 35.7 Å². The number of rotatable bonds is 6. The number of nitrogens with two attached hydrogens (primary N) is 1. The molecule has 0 radical (unpaired) electrons. The lowest BCUT2D eigenvalue weighted by Gasteiger charge is -2.41. The molecule has 0 aliphatic heterocycles. The molecule has 0 bridgehead atoms. The van der Waals surface area contributed by atoms with E-state index in [2.05, 4.69) is 18.7 Å². The molecular formula is C18H24N2O2. The van der Waals surface area contributed by atoms with Crippen molar-refractivity contribution in [1.82, 2.24) is 4.90 Å². The van der Waals surface area contributed by atoms with E-state index < -0.39 is 0 Å². The third-order valence-corrected chi connectivity index (χ3v) is 4.78. The van der Waals surface area contributed by atoms with Gasteiger partial charge in [0, 0.05) is 24.0 Å². The van der Waals surface area contributed by atoms with E-state index in [1.165, 1.54) is 5.56 Å². The highest BCUT2D eigenvalue weighted by atomic mass is 16.6. The van der Waals surface area contributed by atoms with E-state index in [0.717, 1.165) is 25.7 Å². The molecule has 1 aromatic carbocycles. The van der Waals surface area contributed by atoms with Gasteiger partial charge in [-0.05, 0) is 31.2 Å². The number of hydrogen-bond acceptors (Lipinski definition) is 3. The quantitative estimate of drug-likeness (QED) is 0.822. The molecule has 4 heteroatoms. The van der Waals surface area contributed by atoms with Crippen molar-refractivity contribution in [2.24, 2.45) is 5.73 Å². The highest BCUT2D eigenvalue weighted by molar-refractivity contribution is 5.69. The van der Waals surface area contributed by atoms with Crippen molar-refractivity contribution >= 4 is 6.09 Å². The van der Waals surface area contributed by atoms with Gasteiger partial charge >= 0.3 is 6.09 Å². The summed E-state index contributed by atoms with van der Waals surface area (Å²) in [6.07, 6.45) is 5.45. The van der Waals surface area contributed by atoms with Gasteiger partial charge < -0.3 is 15.4 Å². The smallest absolute Gasteiger partial charge is 0.410 e. The van der Waals surface area contributed by atoms with E-state index >= 15 is 0 Å². The van der Waals surface area contributed by atoms with Crippen molar-refractivity contribution in [2.45, 2.75) is 43.2 Å². The van der Waals surface area contributed by atoms with Crippen LogP contribution in [0.5, 0.6) is 0 Å². The number of hydrogen-bond donors (Lipinski definition) is 1. The van der Waals surface area contributed by atoms with Crippen LogP contribution in [0.1, 0.15) is 37.2 Å². The van der Waals surface area contributed by atoms with Gasteiger partial charge in [0.2, 0.25) is 0 Å². The van der Waals surface area contributed by atoms with Crippen molar-refractivity contribution in [3.63, 3.8) is 0 Å². The minimum atomic E-state index is -0.264. The van der Waals surface area contributed by atoms with Gasteiger partial charge in [0.1, 0.15) is 6.61 Å². The first-order chi connectivity index (χ1) is 10.6. The van der Waals surface area contributed by atoms with E-state index in [4.69, 9.17) is 10.5 Å². The maximum Gasteiger partial charge on any atom is 0.410 e. The Hall–Kier alpha value is -1.81. The van der Waals surface area contributed by atoms with Gasteiger partial charge in [0.15, 0.2) is 0 Å². The monoisotopic (exact) mass is 300 g/mol. The summed E-state index contributed by atoms with van der Waals surface area (Å²) in [5, 5.41) is 0. The van der Waals surface area contributed by atoms with Gasteiger partial charge in [0.25, 0.3) is 0 Å². The summed E-state index contributed by atoms with van der Waals surface area (Å²) >= 11 is 0. The highest BCUT2D eigenvalue weighted by Gasteiger charge is 2.48. The molecule has 2 saturated carbocycles. The van der Waals surface area contributed by atoms with Gasteiger partial charge in [-0.1, -0.05) is 43.0 Å². The average molecular weight is 300 g/mol.